The van der Waals surface area contributed by atoms with Gasteiger partial charge in [0.25, 0.3) is 0 Å². The van der Waals surface area contributed by atoms with Crippen LogP contribution in [0, 0.1) is 0 Å². The standard InChI is InChI=1S/C12H14ClNO2/c1-8-4-3-7-14(8)10-6-2-5-9(13)11(10)12(15)16/h2,5-6,8H,3-4,7H2,1H3,(H,15,16). The van der Waals surface area contributed by atoms with Crippen LogP contribution in [0.3, 0.4) is 0 Å². The summed E-state index contributed by atoms with van der Waals surface area (Å²) in [6.45, 7) is 3.02. The number of aromatic carboxylic acids is 1. The lowest BCUT2D eigenvalue weighted by Gasteiger charge is -2.25. The number of nitrogens with zero attached hydrogens (tertiary/aromatic N) is 1. The smallest absolute Gasteiger partial charge is 0.339 e. The fraction of sp³-hybridized carbons (Fsp3) is 0.417. The fourth-order valence-corrected chi connectivity index (χ4v) is 2.51. The molecule has 16 heavy (non-hydrogen) atoms. The third kappa shape index (κ3) is 1.87. The minimum absolute atomic E-state index is 0.220. The summed E-state index contributed by atoms with van der Waals surface area (Å²) in [6.07, 6.45) is 2.21. The largest absolute Gasteiger partial charge is 0.478 e. The lowest BCUT2D eigenvalue weighted by molar-refractivity contribution is 0.0697. The van der Waals surface area contributed by atoms with Gasteiger partial charge in [-0.3, -0.25) is 0 Å². The van der Waals surface area contributed by atoms with Crippen LogP contribution in [-0.2, 0) is 0 Å². The summed E-state index contributed by atoms with van der Waals surface area (Å²) in [7, 11) is 0. The number of hydrogen-bond acceptors (Lipinski definition) is 2. The van der Waals surface area contributed by atoms with Crippen molar-refractivity contribution in [3.63, 3.8) is 0 Å². The third-order valence-corrected chi connectivity index (χ3v) is 3.38. The monoisotopic (exact) mass is 239 g/mol. The van der Waals surface area contributed by atoms with Crippen LogP contribution in [0.25, 0.3) is 0 Å². The summed E-state index contributed by atoms with van der Waals surface area (Å²) in [5.74, 6) is -0.959. The lowest BCUT2D eigenvalue weighted by atomic mass is 10.1. The Morgan fingerprint density at radius 1 is 1.56 bits per heavy atom. The summed E-state index contributed by atoms with van der Waals surface area (Å²) < 4.78 is 0. The summed E-state index contributed by atoms with van der Waals surface area (Å²) in [5.41, 5.74) is 0.961. The maximum atomic E-state index is 11.2. The highest BCUT2D eigenvalue weighted by Crippen LogP contribution is 2.32. The molecule has 0 bridgehead atoms. The molecule has 86 valence electrons. The van der Waals surface area contributed by atoms with Crippen molar-refractivity contribution in [1.29, 1.82) is 0 Å². The molecule has 1 aliphatic heterocycles. The molecule has 1 aromatic carbocycles. The molecule has 0 saturated carbocycles. The molecule has 1 aromatic rings. The molecule has 1 atom stereocenters. The number of rotatable bonds is 2. The molecule has 0 radical (unpaired) electrons. The zero-order valence-corrected chi connectivity index (χ0v) is 9.87. The van der Waals surface area contributed by atoms with Crippen LogP contribution in [0.5, 0.6) is 0 Å². The number of benzene rings is 1. The summed E-state index contributed by atoms with van der Waals surface area (Å²) in [4.78, 5) is 13.3. The molecule has 0 spiro atoms. The number of anilines is 1. The zero-order chi connectivity index (χ0) is 11.7. The highest BCUT2D eigenvalue weighted by molar-refractivity contribution is 6.34. The molecule has 1 fully saturated rings. The quantitative estimate of drug-likeness (QED) is 0.863. The second-order valence-corrected chi connectivity index (χ2v) is 4.53. The first-order valence-electron chi connectivity index (χ1n) is 5.39. The van der Waals surface area contributed by atoms with Crippen molar-refractivity contribution < 1.29 is 9.90 Å². The van der Waals surface area contributed by atoms with E-state index in [1.165, 1.54) is 0 Å². The number of halogens is 1. The maximum Gasteiger partial charge on any atom is 0.339 e. The summed E-state index contributed by atoms with van der Waals surface area (Å²) >= 11 is 5.94. The number of carboxylic acid groups (broad SMARTS) is 1. The normalized spacial score (nSPS) is 20.1. The van der Waals surface area contributed by atoms with Gasteiger partial charge < -0.3 is 10.0 Å². The summed E-state index contributed by atoms with van der Waals surface area (Å²) in [6, 6.07) is 5.64. The molecule has 1 aliphatic rings. The van der Waals surface area contributed by atoms with E-state index in [0.29, 0.717) is 11.1 Å². The molecule has 0 aromatic heterocycles. The second-order valence-electron chi connectivity index (χ2n) is 4.12. The molecule has 0 aliphatic carbocycles. The molecular formula is C12H14ClNO2. The van der Waals surface area contributed by atoms with Crippen LogP contribution < -0.4 is 4.90 Å². The fourth-order valence-electron chi connectivity index (χ4n) is 2.25. The molecule has 2 rings (SSSR count). The van der Waals surface area contributed by atoms with E-state index in [0.717, 1.165) is 25.1 Å². The van der Waals surface area contributed by atoms with Crippen molar-refractivity contribution in [3.8, 4) is 0 Å². The SMILES string of the molecule is CC1CCCN1c1cccc(Cl)c1C(=O)O. The van der Waals surface area contributed by atoms with E-state index < -0.39 is 5.97 Å². The van der Waals surface area contributed by atoms with E-state index in [4.69, 9.17) is 11.6 Å². The van der Waals surface area contributed by atoms with E-state index in [2.05, 4.69) is 11.8 Å². The van der Waals surface area contributed by atoms with Gasteiger partial charge in [-0.15, -0.1) is 0 Å². The first kappa shape index (κ1) is 11.3. The third-order valence-electron chi connectivity index (χ3n) is 3.07. The number of carboxylic acids is 1. The Morgan fingerprint density at radius 3 is 2.88 bits per heavy atom. The average Bonchev–Trinajstić information content (AvgIpc) is 2.63. The molecular weight excluding hydrogens is 226 g/mol. The van der Waals surface area contributed by atoms with Gasteiger partial charge in [-0.1, -0.05) is 17.7 Å². The van der Waals surface area contributed by atoms with Gasteiger partial charge in [-0.05, 0) is 31.9 Å². The molecule has 1 saturated heterocycles. The Bertz CT molecular complexity index is 419. The zero-order valence-electron chi connectivity index (χ0n) is 9.11. The van der Waals surface area contributed by atoms with Crippen LogP contribution in [0.2, 0.25) is 5.02 Å². The molecule has 1 heterocycles. The second kappa shape index (κ2) is 4.34. The van der Waals surface area contributed by atoms with Gasteiger partial charge in [0.15, 0.2) is 0 Å². The van der Waals surface area contributed by atoms with Crippen LogP contribution in [0.1, 0.15) is 30.1 Å². The van der Waals surface area contributed by atoms with Crippen molar-refractivity contribution >= 4 is 23.3 Å². The van der Waals surface area contributed by atoms with Gasteiger partial charge in [0.2, 0.25) is 0 Å². The van der Waals surface area contributed by atoms with E-state index in [1.807, 2.05) is 6.07 Å². The van der Waals surface area contributed by atoms with Gasteiger partial charge in [0.1, 0.15) is 5.56 Å². The van der Waals surface area contributed by atoms with E-state index in [1.54, 1.807) is 12.1 Å². The Balaban J connectivity index is 2.47. The van der Waals surface area contributed by atoms with Gasteiger partial charge >= 0.3 is 5.97 Å². The van der Waals surface area contributed by atoms with Crippen LogP contribution >= 0.6 is 11.6 Å². The maximum absolute atomic E-state index is 11.2. The average molecular weight is 240 g/mol. The van der Waals surface area contributed by atoms with Gasteiger partial charge in [0, 0.05) is 12.6 Å². The predicted octanol–water partition coefficient (Wildman–Crippen LogP) is 3.03. The van der Waals surface area contributed by atoms with Gasteiger partial charge in [-0.25, -0.2) is 4.79 Å². The predicted molar refractivity (Wildman–Crippen MR) is 64.5 cm³/mol. The van der Waals surface area contributed by atoms with Crippen LogP contribution in [0.15, 0.2) is 18.2 Å². The number of hydrogen-bond donors (Lipinski definition) is 1. The van der Waals surface area contributed by atoms with Crippen molar-refractivity contribution in [1.82, 2.24) is 0 Å². The molecule has 1 N–H and O–H groups in total. The molecule has 0 amide bonds. The first-order valence-corrected chi connectivity index (χ1v) is 5.77. The first-order chi connectivity index (χ1) is 7.61. The van der Waals surface area contributed by atoms with E-state index in [9.17, 15) is 9.90 Å². The highest BCUT2D eigenvalue weighted by atomic mass is 35.5. The Morgan fingerprint density at radius 2 is 2.31 bits per heavy atom. The van der Waals surface area contributed by atoms with Crippen molar-refractivity contribution in [2.75, 3.05) is 11.4 Å². The Kier molecular flexibility index (Phi) is 3.06. The Labute approximate surface area is 99.6 Å². The summed E-state index contributed by atoms with van der Waals surface area (Å²) in [5, 5.41) is 9.49. The van der Waals surface area contributed by atoms with Crippen LogP contribution in [-0.4, -0.2) is 23.7 Å². The number of carbonyl (C=O) groups is 1. The van der Waals surface area contributed by atoms with Crippen molar-refractivity contribution in [2.45, 2.75) is 25.8 Å². The molecule has 4 heteroatoms. The minimum Gasteiger partial charge on any atom is -0.478 e. The molecule has 3 nitrogen and oxygen atoms in total. The van der Waals surface area contributed by atoms with E-state index in [-0.39, 0.29) is 5.56 Å². The van der Waals surface area contributed by atoms with Gasteiger partial charge in [0.05, 0.1) is 10.7 Å². The lowest BCUT2D eigenvalue weighted by Crippen LogP contribution is -2.28. The highest BCUT2D eigenvalue weighted by Gasteiger charge is 2.25. The topological polar surface area (TPSA) is 40.5 Å². The van der Waals surface area contributed by atoms with Crippen molar-refractivity contribution in [2.24, 2.45) is 0 Å². The minimum atomic E-state index is -0.959. The van der Waals surface area contributed by atoms with E-state index >= 15 is 0 Å². The van der Waals surface area contributed by atoms with Crippen LogP contribution in [0.4, 0.5) is 5.69 Å². The molecule has 1 unspecified atom stereocenters. The van der Waals surface area contributed by atoms with Crippen molar-refractivity contribution in [3.05, 3.63) is 28.8 Å². The van der Waals surface area contributed by atoms with Gasteiger partial charge in [-0.2, -0.15) is 0 Å². The Hall–Kier alpha value is -1.22.